The number of hydrogen-bond acceptors (Lipinski definition) is 7. The summed E-state index contributed by atoms with van der Waals surface area (Å²) in [7, 11) is 0. The minimum Gasteiger partial charge on any atom is -0.391 e. The largest absolute Gasteiger partial charge is 0.391 e. The molecule has 13 heteroatoms. The van der Waals surface area contributed by atoms with Gasteiger partial charge in [-0.05, 0) is 49.9 Å². The van der Waals surface area contributed by atoms with Gasteiger partial charge in [0.1, 0.15) is 24.2 Å². The van der Waals surface area contributed by atoms with Crippen molar-refractivity contribution in [2.45, 2.75) is 123 Å². The van der Waals surface area contributed by atoms with Crippen molar-refractivity contribution >= 4 is 35.4 Å². The number of fused-ring (bicyclic) bond motifs is 2. The van der Waals surface area contributed by atoms with Gasteiger partial charge in [-0.25, -0.2) is 0 Å². The molecule has 0 aromatic rings. The van der Waals surface area contributed by atoms with Crippen LogP contribution in [0.3, 0.4) is 0 Å². The SMILES string of the molecule is CC(C)[C@H]1NC(=O)[C@H]2CCC[C@@H]2NC(=O)[C@H](C)NC(=O)[C@@H]2C[C@H](NC(=O)C3C(C)(C)C3(C)C)CN2C(=O)[C@H]([C@@H](C)O)NC1=O. The van der Waals surface area contributed by atoms with Crippen LogP contribution >= 0.6 is 0 Å². The third-order valence-electron chi connectivity index (χ3n) is 10.7. The van der Waals surface area contributed by atoms with E-state index in [4.69, 9.17) is 0 Å². The molecule has 2 aliphatic heterocycles. The van der Waals surface area contributed by atoms with Crippen LogP contribution in [0.2, 0.25) is 0 Å². The number of carbonyl (C=O) groups excluding carboxylic acids is 6. The topological polar surface area (TPSA) is 186 Å². The minimum absolute atomic E-state index is 0.0238. The molecule has 6 N–H and O–H groups in total. The predicted molar refractivity (Wildman–Crippen MR) is 160 cm³/mol. The molecule has 44 heavy (non-hydrogen) atoms. The number of nitrogens with zero attached hydrogens (tertiary/aromatic N) is 1. The van der Waals surface area contributed by atoms with Crippen molar-refractivity contribution < 1.29 is 33.9 Å². The summed E-state index contributed by atoms with van der Waals surface area (Å²) in [6.45, 7) is 14.5. The van der Waals surface area contributed by atoms with Crippen LogP contribution in [0, 0.1) is 28.6 Å². The van der Waals surface area contributed by atoms with E-state index in [-0.39, 0.29) is 47.4 Å². The monoisotopic (exact) mass is 618 g/mol. The summed E-state index contributed by atoms with van der Waals surface area (Å²) < 4.78 is 0. The van der Waals surface area contributed by atoms with E-state index in [1.807, 2.05) is 27.7 Å². The number of rotatable bonds is 4. The third kappa shape index (κ3) is 6.29. The molecule has 8 atom stereocenters. The molecule has 4 fully saturated rings. The number of aliphatic hydroxyl groups is 1. The van der Waals surface area contributed by atoms with Crippen molar-refractivity contribution in [1.82, 2.24) is 31.5 Å². The maximum absolute atomic E-state index is 14.0. The van der Waals surface area contributed by atoms with E-state index >= 15 is 0 Å². The van der Waals surface area contributed by atoms with E-state index in [2.05, 4.69) is 26.6 Å². The maximum atomic E-state index is 14.0. The molecule has 246 valence electrons. The highest BCUT2D eigenvalue weighted by Gasteiger charge is 2.68. The number of hydrogen-bond donors (Lipinski definition) is 6. The first-order valence-corrected chi connectivity index (χ1v) is 15.9. The van der Waals surface area contributed by atoms with Gasteiger partial charge < -0.3 is 36.6 Å². The summed E-state index contributed by atoms with van der Waals surface area (Å²) in [6, 6.07) is -5.47. The van der Waals surface area contributed by atoms with Crippen molar-refractivity contribution in [3.05, 3.63) is 0 Å². The highest BCUT2D eigenvalue weighted by Crippen LogP contribution is 2.68. The Morgan fingerprint density at radius 2 is 1.48 bits per heavy atom. The van der Waals surface area contributed by atoms with Crippen LogP contribution in [0.4, 0.5) is 0 Å². The Morgan fingerprint density at radius 3 is 2.05 bits per heavy atom. The molecular weight excluding hydrogens is 568 g/mol. The second-order valence-corrected chi connectivity index (χ2v) is 14.7. The quantitative estimate of drug-likeness (QED) is 0.247. The molecule has 0 spiro atoms. The third-order valence-corrected chi connectivity index (χ3v) is 10.7. The highest BCUT2D eigenvalue weighted by atomic mass is 16.3. The second-order valence-electron chi connectivity index (χ2n) is 14.7. The summed E-state index contributed by atoms with van der Waals surface area (Å²) in [5.74, 6) is -4.09. The van der Waals surface area contributed by atoms with Crippen molar-refractivity contribution in [2.75, 3.05) is 6.54 Å². The molecule has 0 unspecified atom stereocenters. The van der Waals surface area contributed by atoms with E-state index in [0.29, 0.717) is 19.3 Å². The van der Waals surface area contributed by atoms with Crippen molar-refractivity contribution in [1.29, 1.82) is 0 Å². The van der Waals surface area contributed by atoms with Crippen molar-refractivity contribution in [3.8, 4) is 0 Å². The molecule has 2 aliphatic carbocycles. The predicted octanol–water partition coefficient (Wildman–Crippen LogP) is -0.436. The summed E-state index contributed by atoms with van der Waals surface area (Å²) in [4.78, 5) is 82.1. The van der Waals surface area contributed by atoms with E-state index in [1.165, 1.54) is 18.7 Å². The van der Waals surface area contributed by atoms with Gasteiger partial charge in [0.05, 0.1) is 12.0 Å². The first-order valence-electron chi connectivity index (χ1n) is 15.9. The average Bonchev–Trinajstić information content (AvgIpc) is 3.36. The second kappa shape index (κ2) is 12.3. The van der Waals surface area contributed by atoms with Crippen molar-refractivity contribution in [3.63, 3.8) is 0 Å². The molecule has 4 aliphatic rings. The lowest BCUT2D eigenvalue weighted by atomic mass is 9.98. The van der Waals surface area contributed by atoms with Gasteiger partial charge in [-0.3, -0.25) is 28.8 Å². The van der Waals surface area contributed by atoms with Gasteiger partial charge in [-0.2, -0.15) is 0 Å². The zero-order chi connectivity index (χ0) is 32.9. The van der Waals surface area contributed by atoms with Gasteiger partial charge in [0, 0.05) is 24.5 Å². The van der Waals surface area contributed by atoms with Crippen LogP contribution in [0.15, 0.2) is 0 Å². The molecule has 0 aromatic carbocycles. The summed E-state index contributed by atoms with van der Waals surface area (Å²) in [5.41, 5.74) is -0.423. The zero-order valence-electron chi connectivity index (χ0n) is 27.2. The van der Waals surface area contributed by atoms with Crippen LogP contribution in [0.25, 0.3) is 0 Å². The van der Waals surface area contributed by atoms with Gasteiger partial charge >= 0.3 is 0 Å². The van der Waals surface area contributed by atoms with Crippen LogP contribution in [0.1, 0.15) is 81.1 Å². The molecule has 2 saturated carbocycles. The Hall–Kier alpha value is -3.22. The maximum Gasteiger partial charge on any atom is 0.248 e. The molecule has 4 rings (SSSR count). The molecule has 13 nitrogen and oxygen atoms in total. The lowest BCUT2D eigenvalue weighted by Crippen LogP contribution is -2.62. The molecule has 0 radical (unpaired) electrons. The zero-order valence-corrected chi connectivity index (χ0v) is 27.2. The lowest BCUT2D eigenvalue weighted by Gasteiger charge is -2.33. The molecule has 2 heterocycles. The average molecular weight is 619 g/mol. The molecular formula is C31H50N6O7. The van der Waals surface area contributed by atoms with Crippen molar-refractivity contribution in [2.24, 2.45) is 28.6 Å². The Balaban J connectivity index is 1.64. The summed E-state index contributed by atoms with van der Waals surface area (Å²) in [5, 5.41) is 24.7. The van der Waals surface area contributed by atoms with E-state index < -0.39 is 71.9 Å². The number of aliphatic hydroxyl groups excluding tert-OH is 1. The number of amides is 6. The Bertz CT molecular complexity index is 1190. The number of carbonyl (C=O) groups is 6. The highest BCUT2D eigenvalue weighted by molar-refractivity contribution is 5.97. The molecule has 0 aromatic heterocycles. The van der Waals surface area contributed by atoms with Crippen LogP contribution < -0.4 is 26.6 Å². The first kappa shape index (κ1) is 33.7. The van der Waals surface area contributed by atoms with E-state index in [1.54, 1.807) is 13.8 Å². The molecule has 6 amide bonds. The van der Waals surface area contributed by atoms with Crippen LogP contribution in [-0.4, -0.2) is 94.3 Å². The van der Waals surface area contributed by atoms with Gasteiger partial charge in [-0.15, -0.1) is 0 Å². The number of nitrogens with one attached hydrogen (secondary N) is 5. The van der Waals surface area contributed by atoms with E-state index in [0.717, 1.165) is 0 Å². The smallest absolute Gasteiger partial charge is 0.248 e. The summed E-state index contributed by atoms with van der Waals surface area (Å²) >= 11 is 0. The lowest BCUT2D eigenvalue weighted by molar-refractivity contribution is -0.145. The fraction of sp³-hybridized carbons (Fsp3) is 0.806. The van der Waals surface area contributed by atoms with Gasteiger partial charge in [0.25, 0.3) is 0 Å². The Morgan fingerprint density at radius 1 is 0.864 bits per heavy atom. The Kier molecular flexibility index (Phi) is 9.40. The minimum atomic E-state index is -1.42. The molecule has 0 bridgehead atoms. The standard InChI is InChI=1S/C31H50N6O7/c1-14(2)21-27(42)36-22(16(4)38)29(44)37-13-17(33-28(43)23-30(5,6)31(23,7)8)12-20(37)26(41)32-15(3)24(39)34-19-11-9-10-18(19)25(40)35-21/h14-23,38H,9-13H2,1-8H3,(H,32,41)(H,33,43)(H,34,39)(H,35,40)(H,36,42)/t15-,16+,17-,18-,19-,20-,21+,22-/m0/s1. The normalized spacial score (nSPS) is 35.2. The van der Waals surface area contributed by atoms with Crippen LogP contribution in [0.5, 0.6) is 0 Å². The van der Waals surface area contributed by atoms with Gasteiger partial charge in [-0.1, -0.05) is 48.0 Å². The Labute approximate surface area is 259 Å². The summed E-state index contributed by atoms with van der Waals surface area (Å²) in [6.07, 6.45) is 0.580. The van der Waals surface area contributed by atoms with E-state index in [9.17, 15) is 33.9 Å². The van der Waals surface area contributed by atoms with Gasteiger partial charge in [0.2, 0.25) is 35.4 Å². The fourth-order valence-electron chi connectivity index (χ4n) is 7.30. The van der Waals surface area contributed by atoms with Gasteiger partial charge in [0.15, 0.2) is 0 Å². The van der Waals surface area contributed by atoms with Crippen LogP contribution in [-0.2, 0) is 28.8 Å². The fourth-order valence-corrected chi connectivity index (χ4v) is 7.30. The molecule has 2 saturated heterocycles. The first-order chi connectivity index (χ1) is 20.4.